The van der Waals surface area contributed by atoms with E-state index in [4.69, 9.17) is 0 Å². The zero-order valence-corrected chi connectivity index (χ0v) is 17.3. The molecule has 0 atom stereocenters. The van der Waals surface area contributed by atoms with Gasteiger partial charge in [-0.15, -0.1) is 0 Å². The minimum absolute atomic E-state index is 0.196. The van der Waals surface area contributed by atoms with Gasteiger partial charge in [0.1, 0.15) is 0 Å². The second-order valence-corrected chi connectivity index (χ2v) is 8.41. The lowest BCUT2D eigenvalue weighted by Crippen LogP contribution is -2.39. The smallest absolute Gasteiger partial charge is 0.234 e. The molecule has 3 aromatic rings. The number of hydrogen-bond donors (Lipinski definition) is 0. The lowest BCUT2D eigenvalue weighted by atomic mass is 9.89. The highest BCUT2D eigenvalue weighted by Crippen LogP contribution is 2.31. The van der Waals surface area contributed by atoms with E-state index in [9.17, 15) is 4.79 Å². The number of carbonyl (C=O) groups excluding carboxylic acids is 1. The summed E-state index contributed by atoms with van der Waals surface area (Å²) in [5.74, 6) is -0.0560. The summed E-state index contributed by atoms with van der Waals surface area (Å²) < 4.78 is 0. The van der Waals surface area contributed by atoms with E-state index < -0.39 is 0 Å². The Hall–Kier alpha value is -3.07. The molecule has 2 aliphatic heterocycles. The van der Waals surface area contributed by atoms with Gasteiger partial charge in [0.25, 0.3) is 0 Å². The summed E-state index contributed by atoms with van der Waals surface area (Å²) in [5.41, 5.74) is 6.15. The number of benzene rings is 3. The highest BCUT2D eigenvalue weighted by molar-refractivity contribution is 5.87. The van der Waals surface area contributed by atoms with Crippen LogP contribution >= 0.6 is 0 Å². The number of anilines is 1. The molecule has 0 unspecified atom stereocenters. The van der Waals surface area contributed by atoms with Crippen LogP contribution in [0.15, 0.2) is 78.9 Å². The fourth-order valence-corrected chi connectivity index (χ4v) is 4.85. The van der Waals surface area contributed by atoms with Crippen molar-refractivity contribution >= 4 is 11.6 Å². The van der Waals surface area contributed by atoms with Gasteiger partial charge in [0.2, 0.25) is 5.91 Å². The van der Waals surface area contributed by atoms with E-state index in [0.717, 1.165) is 24.1 Å². The summed E-state index contributed by atoms with van der Waals surface area (Å²) in [6.07, 6.45) is 3.51. The number of amides is 1. The topological polar surface area (TPSA) is 23.6 Å². The van der Waals surface area contributed by atoms with Gasteiger partial charge in [-0.05, 0) is 53.6 Å². The molecule has 2 aliphatic rings. The number of nitrogens with zero attached hydrogens (tertiary/aromatic N) is 2. The molecule has 3 nitrogen and oxygen atoms in total. The maximum absolute atomic E-state index is 13.7. The Bertz CT molecular complexity index is 970. The van der Waals surface area contributed by atoms with Gasteiger partial charge in [-0.3, -0.25) is 4.79 Å². The molecule has 1 amide bonds. The van der Waals surface area contributed by atoms with E-state index in [-0.39, 0.29) is 11.8 Å². The molecular formula is C27H28N2O. The monoisotopic (exact) mass is 396 g/mol. The number of fused-ring (bicyclic) bond motifs is 1. The fraction of sp³-hybridized carbons (Fsp3) is 0.296. The van der Waals surface area contributed by atoms with Crippen LogP contribution in [-0.4, -0.2) is 30.4 Å². The SMILES string of the molecule is O=C(C(c1ccccc1)c1ccccc1)N1CCc2cc(N3CCCC3)ccc2C1. The lowest BCUT2D eigenvalue weighted by Gasteiger charge is -2.33. The molecule has 0 bridgehead atoms. The summed E-state index contributed by atoms with van der Waals surface area (Å²) in [6.45, 7) is 3.81. The zero-order valence-electron chi connectivity index (χ0n) is 17.3. The van der Waals surface area contributed by atoms with Gasteiger partial charge in [0.05, 0.1) is 5.92 Å². The van der Waals surface area contributed by atoms with Crippen molar-refractivity contribution < 1.29 is 4.79 Å². The van der Waals surface area contributed by atoms with E-state index in [1.807, 2.05) is 41.3 Å². The van der Waals surface area contributed by atoms with Crippen molar-refractivity contribution in [2.24, 2.45) is 0 Å². The first kappa shape index (κ1) is 18.9. The summed E-state index contributed by atoms with van der Waals surface area (Å²) in [6, 6.07) is 27.2. The third-order valence-electron chi connectivity index (χ3n) is 6.50. The van der Waals surface area contributed by atoms with Gasteiger partial charge < -0.3 is 9.80 Å². The second-order valence-electron chi connectivity index (χ2n) is 8.41. The molecule has 3 aromatic carbocycles. The van der Waals surface area contributed by atoms with Crippen molar-refractivity contribution in [3.63, 3.8) is 0 Å². The van der Waals surface area contributed by atoms with E-state index in [2.05, 4.69) is 47.4 Å². The Balaban J connectivity index is 1.40. The standard InChI is InChI=1S/C27H28N2O/c30-27(26(21-9-3-1-4-10-21)22-11-5-2-6-12-22)29-18-15-23-19-25(14-13-24(23)20-29)28-16-7-8-17-28/h1-6,9-14,19,26H,7-8,15-18,20H2. The predicted molar refractivity (Wildman–Crippen MR) is 122 cm³/mol. The molecule has 152 valence electrons. The van der Waals surface area contributed by atoms with Gasteiger partial charge in [-0.1, -0.05) is 66.7 Å². The Morgan fingerprint density at radius 3 is 2.00 bits per heavy atom. The van der Waals surface area contributed by atoms with Crippen molar-refractivity contribution in [2.75, 3.05) is 24.5 Å². The fourth-order valence-electron chi connectivity index (χ4n) is 4.85. The van der Waals surface area contributed by atoms with E-state index in [1.54, 1.807) is 0 Å². The molecule has 1 fully saturated rings. The van der Waals surface area contributed by atoms with Crippen LogP contribution in [0.2, 0.25) is 0 Å². The molecule has 30 heavy (non-hydrogen) atoms. The van der Waals surface area contributed by atoms with Gasteiger partial charge in [0.15, 0.2) is 0 Å². The molecule has 0 aliphatic carbocycles. The Morgan fingerprint density at radius 1 is 0.733 bits per heavy atom. The van der Waals surface area contributed by atoms with Crippen LogP contribution in [0.25, 0.3) is 0 Å². The molecule has 0 saturated carbocycles. The van der Waals surface area contributed by atoms with Crippen LogP contribution in [0.1, 0.15) is 41.0 Å². The average Bonchev–Trinajstić information content (AvgIpc) is 3.35. The molecule has 2 heterocycles. The number of rotatable bonds is 4. The van der Waals surface area contributed by atoms with Crippen LogP contribution in [-0.2, 0) is 17.8 Å². The molecule has 1 saturated heterocycles. The molecule has 3 heteroatoms. The minimum Gasteiger partial charge on any atom is -0.372 e. The van der Waals surface area contributed by atoms with Crippen LogP contribution in [0.3, 0.4) is 0 Å². The normalized spacial score (nSPS) is 16.0. The molecule has 0 aromatic heterocycles. The van der Waals surface area contributed by atoms with Crippen molar-refractivity contribution in [3.05, 3.63) is 101 Å². The van der Waals surface area contributed by atoms with Crippen molar-refractivity contribution in [1.82, 2.24) is 4.90 Å². The summed E-state index contributed by atoms with van der Waals surface area (Å²) >= 11 is 0. The van der Waals surface area contributed by atoms with Gasteiger partial charge >= 0.3 is 0 Å². The van der Waals surface area contributed by atoms with Crippen LogP contribution < -0.4 is 4.90 Å². The average molecular weight is 397 g/mol. The number of hydrogen-bond acceptors (Lipinski definition) is 2. The van der Waals surface area contributed by atoms with Gasteiger partial charge in [-0.2, -0.15) is 0 Å². The van der Waals surface area contributed by atoms with E-state index >= 15 is 0 Å². The maximum atomic E-state index is 13.7. The quantitative estimate of drug-likeness (QED) is 0.619. The highest BCUT2D eigenvalue weighted by atomic mass is 16.2. The van der Waals surface area contributed by atoms with Crippen molar-refractivity contribution in [2.45, 2.75) is 31.7 Å². The first-order chi connectivity index (χ1) is 14.8. The van der Waals surface area contributed by atoms with Crippen LogP contribution in [0.5, 0.6) is 0 Å². The van der Waals surface area contributed by atoms with E-state index in [0.29, 0.717) is 6.54 Å². The molecule has 0 radical (unpaired) electrons. The largest absolute Gasteiger partial charge is 0.372 e. The van der Waals surface area contributed by atoms with Gasteiger partial charge in [0, 0.05) is 31.9 Å². The van der Waals surface area contributed by atoms with E-state index in [1.165, 1.54) is 42.7 Å². The Labute approximate surface area is 178 Å². The zero-order chi connectivity index (χ0) is 20.3. The van der Waals surface area contributed by atoms with Crippen molar-refractivity contribution in [1.29, 1.82) is 0 Å². The van der Waals surface area contributed by atoms with Gasteiger partial charge in [-0.25, -0.2) is 0 Å². The second kappa shape index (κ2) is 8.35. The Morgan fingerprint density at radius 2 is 1.37 bits per heavy atom. The highest BCUT2D eigenvalue weighted by Gasteiger charge is 2.30. The summed E-state index contributed by atoms with van der Waals surface area (Å²) in [5, 5.41) is 0. The minimum atomic E-state index is -0.252. The predicted octanol–water partition coefficient (Wildman–Crippen LogP) is 5.00. The number of carbonyl (C=O) groups is 1. The molecule has 0 N–H and O–H groups in total. The van der Waals surface area contributed by atoms with Crippen LogP contribution in [0, 0.1) is 0 Å². The third-order valence-corrected chi connectivity index (χ3v) is 6.50. The Kier molecular flexibility index (Phi) is 5.27. The third kappa shape index (κ3) is 3.72. The maximum Gasteiger partial charge on any atom is 0.234 e. The first-order valence-electron chi connectivity index (χ1n) is 11.0. The van der Waals surface area contributed by atoms with Crippen LogP contribution in [0.4, 0.5) is 5.69 Å². The summed E-state index contributed by atoms with van der Waals surface area (Å²) in [4.78, 5) is 18.2. The lowest BCUT2D eigenvalue weighted by molar-refractivity contribution is -0.132. The first-order valence-corrected chi connectivity index (χ1v) is 11.0. The summed E-state index contributed by atoms with van der Waals surface area (Å²) in [7, 11) is 0. The molecule has 5 rings (SSSR count). The van der Waals surface area contributed by atoms with Crippen molar-refractivity contribution in [3.8, 4) is 0 Å². The molecular weight excluding hydrogens is 368 g/mol. The molecule has 0 spiro atoms.